The number of hydrogen-bond acceptors (Lipinski definition) is 4. The number of hydrogen-bond donors (Lipinski definition) is 0. The van der Waals surface area contributed by atoms with Gasteiger partial charge in [-0.05, 0) is 77.0 Å². The van der Waals surface area contributed by atoms with Crippen molar-refractivity contribution in [3.63, 3.8) is 0 Å². The smallest absolute Gasteiger partial charge is 0.350 e. The summed E-state index contributed by atoms with van der Waals surface area (Å²) in [4.78, 5) is 24.3. The summed E-state index contributed by atoms with van der Waals surface area (Å²) < 4.78 is 11.2. The molecule has 4 heteroatoms. The maximum atomic E-state index is 12.6. The third kappa shape index (κ3) is 2.80. The lowest BCUT2D eigenvalue weighted by atomic mass is 9.54. The molecule has 0 radical (unpaired) electrons. The minimum Gasteiger partial charge on any atom is -0.456 e. The van der Waals surface area contributed by atoms with Crippen molar-refractivity contribution in [1.29, 1.82) is 0 Å². The van der Waals surface area contributed by atoms with Gasteiger partial charge in [0.2, 0.25) is 5.60 Å². The molecule has 122 valence electrons. The third-order valence-corrected chi connectivity index (χ3v) is 5.48. The minimum atomic E-state index is -1.26. The molecular formula is C18H26O4. The summed E-state index contributed by atoms with van der Waals surface area (Å²) in [5.41, 5.74) is -1.28. The summed E-state index contributed by atoms with van der Waals surface area (Å²) in [5, 5.41) is 0. The predicted molar refractivity (Wildman–Crippen MR) is 82.0 cm³/mol. The number of esters is 2. The topological polar surface area (TPSA) is 52.6 Å². The number of carbonyl (C=O) groups is 2. The van der Waals surface area contributed by atoms with E-state index >= 15 is 0 Å². The molecule has 0 atom stereocenters. The second-order valence-corrected chi connectivity index (χ2v) is 8.17. The molecule has 4 bridgehead atoms. The maximum absolute atomic E-state index is 12.6. The fourth-order valence-electron chi connectivity index (χ4n) is 4.84. The molecule has 4 aliphatic carbocycles. The van der Waals surface area contributed by atoms with Crippen LogP contribution in [-0.2, 0) is 19.1 Å². The van der Waals surface area contributed by atoms with Crippen molar-refractivity contribution < 1.29 is 19.1 Å². The molecule has 4 aliphatic rings. The fourth-order valence-corrected chi connectivity index (χ4v) is 4.84. The zero-order chi connectivity index (χ0) is 16.1. The van der Waals surface area contributed by atoms with E-state index < -0.39 is 17.5 Å². The van der Waals surface area contributed by atoms with E-state index in [4.69, 9.17) is 9.47 Å². The quantitative estimate of drug-likeness (QED) is 0.590. The van der Waals surface area contributed by atoms with Gasteiger partial charge in [0.15, 0.2) is 0 Å². The Morgan fingerprint density at radius 3 is 1.91 bits per heavy atom. The normalized spacial score (nSPS) is 36.0. The van der Waals surface area contributed by atoms with Gasteiger partial charge in [-0.2, -0.15) is 0 Å². The number of ether oxygens (including phenoxy) is 2. The van der Waals surface area contributed by atoms with E-state index in [2.05, 4.69) is 6.58 Å². The molecule has 0 N–H and O–H groups in total. The Balaban J connectivity index is 1.68. The molecule has 4 fully saturated rings. The number of carbonyl (C=O) groups excluding carboxylic acids is 2. The first-order valence-corrected chi connectivity index (χ1v) is 8.31. The van der Waals surface area contributed by atoms with Crippen LogP contribution in [0.2, 0.25) is 0 Å². The van der Waals surface area contributed by atoms with Crippen LogP contribution in [0.5, 0.6) is 0 Å². The van der Waals surface area contributed by atoms with Crippen molar-refractivity contribution in [2.75, 3.05) is 0 Å². The predicted octanol–water partition coefficient (Wildman–Crippen LogP) is 3.40. The average Bonchev–Trinajstić information content (AvgIpc) is 2.35. The molecule has 0 unspecified atom stereocenters. The van der Waals surface area contributed by atoms with Crippen LogP contribution >= 0.6 is 0 Å². The van der Waals surface area contributed by atoms with Gasteiger partial charge in [0.05, 0.1) is 0 Å². The van der Waals surface area contributed by atoms with Gasteiger partial charge in [-0.15, -0.1) is 0 Å². The molecule has 0 amide bonds. The van der Waals surface area contributed by atoms with Crippen molar-refractivity contribution in [2.24, 2.45) is 17.8 Å². The second-order valence-electron chi connectivity index (χ2n) is 8.17. The summed E-state index contributed by atoms with van der Waals surface area (Å²) in [6, 6.07) is 0. The fraction of sp³-hybridized carbons (Fsp3) is 0.778. The van der Waals surface area contributed by atoms with Crippen LogP contribution in [0.1, 0.15) is 59.3 Å². The SMILES string of the molecule is C=C(C)C(=O)OC(C)(C)C(=O)OC12CC3CC(CC(C3)C1)C2. The Morgan fingerprint density at radius 2 is 1.50 bits per heavy atom. The maximum Gasteiger partial charge on any atom is 0.350 e. The standard InChI is InChI=1S/C18H26O4/c1-11(2)15(19)21-17(3,4)16(20)22-18-8-12-5-13(9-18)7-14(6-12)10-18/h12-14H,1,5-10H2,2-4H3. The third-order valence-electron chi connectivity index (χ3n) is 5.48. The van der Waals surface area contributed by atoms with E-state index in [1.807, 2.05) is 0 Å². The second kappa shape index (κ2) is 5.10. The van der Waals surface area contributed by atoms with E-state index in [-0.39, 0.29) is 11.2 Å². The van der Waals surface area contributed by atoms with Gasteiger partial charge in [-0.25, -0.2) is 9.59 Å². The van der Waals surface area contributed by atoms with Gasteiger partial charge in [0.25, 0.3) is 0 Å². The van der Waals surface area contributed by atoms with Crippen LogP contribution in [0, 0.1) is 17.8 Å². The molecular weight excluding hydrogens is 280 g/mol. The summed E-state index contributed by atoms with van der Waals surface area (Å²) >= 11 is 0. The minimum absolute atomic E-state index is 0.288. The van der Waals surface area contributed by atoms with Crippen LogP contribution in [0.4, 0.5) is 0 Å². The van der Waals surface area contributed by atoms with Gasteiger partial charge in [0.1, 0.15) is 5.60 Å². The Kier molecular flexibility index (Phi) is 3.61. The van der Waals surface area contributed by atoms with Gasteiger partial charge in [-0.3, -0.25) is 0 Å². The highest BCUT2D eigenvalue weighted by molar-refractivity contribution is 5.90. The Hall–Kier alpha value is -1.32. The molecule has 4 saturated carbocycles. The zero-order valence-electron chi connectivity index (χ0n) is 13.8. The highest BCUT2D eigenvalue weighted by atomic mass is 16.6. The van der Waals surface area contributed by atoms with Gasteiger partial charge in [0, 0.05) is 5.57 Å². The molecule has 0 heterocycles. The molecule has 0 saturated heterocycles. The van der Waals surface area contributed by atoms with Crippen molar-refractivity contribution in [3.8, 4) is 0 Å². The largest absolute Gasteiger partial charge is 0.456 e. The Morgan fingerprint density at radius 1 is 1.05 bits per heavy atom. The van der Waals surface area contributed by atoms with Crippen molar-refractivity contribution in [2.45, 2.75) is 70.5 Å². The van der Waals surface area contributed by atoms with E-state index in [1.54, 1.807) is 20.8 Å². The lowest BCUT2D eigenvalue weighted by Crippen LogP contribution is -2.55. The van der Waals surface area contributed by atoms with Crippen LogP contribution in [0.3, 0.4) is 0 Å². The molecule has 0 aromatic carbocycles. The highest BCUT2D eigenvalue weighted by Gasteiger charge is 2.54. The summed E-state index contributed by atoms with van der Waals surface area (Å²) in [6.45, 7) is 8.31. The molecule has 22 heavy (non-hydrogen) atoms. The molecule has 0 spiro atoms. The van der Waals surface area contributed by atoms with Crippen LogP contribution in [0.15, 0.2) is 12.2 Å². The van der Waals surface area contributed by atoms with Crippen LogP contribution in [-0.4, -0.2) is 23.1 Å². The van der Waals surface area contributed by atoms with Crippen molar-refractivity contribution >= 4 is 11.9 Å². The summed E-state index contributed by atoms with van der Waals surface area (Å²) in [7, 11) is 0. The number of rotatable bonds is 4. The van der Waals surface area contributed by atoms with Gasteiger partial charge in [-0.1, -0.05) is 6.58 Å². The highest BCUT2D eigenvalue weighted by Crippen LogP contribution is 2.57. The average molecular weight is 306 g/mol. The molecule has 0 aliphatic heterocycles. The summed E-state index contributed by atoms with van der Waals surface area (Å²) in [6.07, 6.45) is 6.83. The Bertz CT molecular complexity index is 482. The molecule has 0 aromatic rings. The van der Waals surface area contributed by atoms with E-state index in [9.17, 15) is 9.59 Å². The summed E-state index contributed by atoms with van der Waals surface area (Å²) in [5.74, 6) is 1.15. The first kappa shape index (κ1) is 15.6. The molecule has 0 aromatic heterocycles. The van der Waals surface area contributed by atoms with E-state index in [0.29, 0.717) is 17.8 Å². The first-order chi connectivity index (χ1) is 10.2. The monoisotopic (exact) mass is 306 g/mol. The van der Waals surface area contributed by atoms with Gasteiger partial charge < -0.3 is 9.47 Å². The molecule has 4 nitrogen and oxygen atoms in total. The first-order valence-electron chi connectivity index (χ1n) is 8.31. The lowest BCUT2D eigenvalue weighted by molar-refractivity contribution is -0.207. The lowest BCUT2D eigenvalue weighted by Gasteiger charge is -2.56. The van der Waals surface area contributed by atoms with Crippen molar-refractivity contribution in [3.05, 3.63) is 12.2 Å². The van der Waals surface area contributed by atoms with E-state index in [0.717, 1.165) is 19.3 Å². The molecule has 4 rings (SSSR count). The zero-order valence-corrected chi connectivity index (χ0v) is 13.8. The van der Waals surface area contributed by atoms with E-state index in [1.165, 1.54) is 19.3 Å². The van der Waals surface area contributed by atoms with Crippen LogP contribution < -0.4 is 0 Å². The van der Waals surface area contributed by atoms with Crippen LogP contribution in [0.25, 0.3) is 0 Å². The van der Waals surface area contributed by atoms with Crippen molar-refractivity contribution in [1.82, 2.24) is 0 Å². The Labute approximate surface area is 132 Å². The van der Waals surface area contributed by atoms with Gasteiger partial charge >= 0.3 is 11.9 Å².